The number of nitrogens with zero attached hydrogens (tertiary/aromatic N) is 3. The summed E-state index contributed by atoms with van der Waals surface area (Å²) in [5.41, 5.74) is 1.86. The number of carbonyl (C=O) groups excluding carboxylic acids is 1. The number of fused-ring (bicyclic) bond motifs is 1. The minimum absolute atomic E-state index is 0.102. The molecule has 3 aliphatic rings. The maximum absolute atomic E-state index is 13.0. The van der Waals surface area contributed by atoms with Crippen LogP contribution in [0.15, 0.2) is 0 Å². The van der Waals surface area contributed by atoms with Crippen LogP contribution in [0.2, 0.25) is 0 Å². The first-order valence-corrected chi connectivity index (χ1v) is 8.16. The molecule has 0 aromatic carbocycles. The van der Waals surface area contributed by atoms with Crippen LogP contribution in [0.1, 0.15) is 55.8 Å². The van der Waals surface area contributed by atoms with Gasteiger partial charge in [-0.3, -0.25) is 4.79 Å². The molecule has 3 unspecified atom stereocenters. The second-order valence-corrected chi connectivity index (χ2v) is 6.39. The van der Waals surface area contributed by atoms with Crippen LogP contribution in [-0.4, -0.2) is 51.5 Å². The quantitative estimate of drug-likeness (QED) is 0.893. The van der Waals surface area contributed by atoms with Gasteiger partial charge in [-0.15, -0.1) is 0 Å². The highest BCUT2D eigenvalue weighted by atomic mass is 16.5. The molecule has 0 radical (unpaired) electrons. The Labute approximate surface area is 124 Å². The van der Waals surface area contributed by atoms with Crippen molar-refractivity contribution >= 4 is 5.91 Å². The zero-order valence-electron chi connectivity index (χ0n) is 12.3. The van der Waals surface area contributed by atoms with E-state index >= 15 is 0 Å². The van der Waals surface area contributed by atoms with Gasteiger partial charge in [0.2, 0.25) is 5.91 Å². The minimum Gasteiger partial charge on any atom is -0.376 e. The number of hydrogen-bond donors (Lipinski definition) is 1. The van der Waals surface area contributed by atoms with Crippen molar-refractivity contribution in [1.29, 1.82) is 0 Å². The summed E-state index contributed by atoms with van der Waals surface area (Å²) in [7, 11) is 0. The Kier molecular flexibility index (Phi) is 3.41. The van der Waals surface area contributed by atoms with E-state index in [2.05, 4.69) is 20.3 Å². The van der Waals surface area contributed by atoms with Crippen LogP contribution in [0.4, 0.5) is 0 Å². The van der Waals surface area contributed by atoms with E-state index in [1.807, 2.05) is 0 Å². The normalized spacial score (nSPS) is 32.4. The van der Waals surface area contributed by atoms with E-state index in [0.29, 0.717) is 0 Å². The number of nitrogens with one attached hydrogen (secondary N) is 1. The third-order valence-electron chi connectivity index (χ3n) is 5.16. The molecular weight excluding hydrogens is 268 g/mol. The summed E-state index contributed by atoms with van der Waals surface area (Å²) in [6, 6.07) is 0.275. The van der Waals surface area contributed by atoms with Gasteiger partial charge in [0, 0.05) is 13.2 Å². The van der Waals surface area contributed by atoms with Crippen molar-refractivity contribution in [2.75, 3.05) is 13.2 Å². The van der Waals surface area contributed by atoms with Gasteiger partial charge in [0.15, 0.2) is 0 Å². The predicted octanol–water partition coefficient (Wildman–Crippen LogP) is 1.39. The van der Waals surface area contributed by atoms with Crippen LogP contribution in [0.25, 0.3) is 0 Å². The van der Waals surface area contributed by atoms with Crippen molar-refractivity contribution in [3.8, 4) is 0 Å². The van der Waals surface area contributed by atoms with Crippen LogP contribution >= 0.6 is 0 Å². The van der Waals surface area contributed by atoms with Gasteiger partial charge in [-0.2, -0.15) is 15.4 Å². The SMILES string of the molecule is O=C(C1CCCc2n[nH]nc21)N1CCCC1C1CCCO1. The lowest BCUT2D eigenvalue weighted by molar-refractivity contribution is -0.136. The van der Waals surface area contributed by atoms with E-state index in [1.165, 1.54) is 0 Å². The smallest absolute Gasteiger partial charge is 0.232 e. The molecule has 3 atom stereocenters. The molecule has 114 valence electrons. The number of ether oxygens (including phenoxy) is 1. The minimum atomic E-state index is -0.102. The van der Waals surface area contributed by atoms with Crippen LogP contribution in [-0.2, 0) is 16.0 Å². The van der Waals surface area contributed by atoms with Gasteiger partial charge in [0.25, 0.3) is 0 Å². The van der Waals surface area contributed by atoms with Gasteiger partial charge in [-0.05, 0) is 44.9 Å². The Hall–Kier alpha value is -1.43. The number of carbonyl (C=O) groups is 1. The fourth-order valence-electron chi connectivity index (χ4n) is 4.13. The molecule has 2 aliphatic heterocycles. The molecule has 1 aromatic heterocycles. The topological polar surface area (TPSA) is 71.1 Å². The van der Waals surface area contributed by atoms with E-state index < -0.39 is 0 Å². The maximum atomic E-state index is 13.0. The molecule has 3 heterocycles. The van der Waals surface area contributed by atoms with Crippen molar-refractivity contribution in [1.82, 2.24) is 20.3 Å². The third kappa shape index (κ3) is 2.25. The zero-order valence-corrected chi connectivity index (χ0v) is 12.3. The summed E-state index contributed by atoms with van der Waals surface area (Å²) >= 11 is 0. The molecule has 0 bridgehead atoms. The molecule has 2 fully saturated rings. The van der Waals surface area contributed by atoms with Gasteiger partial charge in [0.05, 0.1) is 29.5 Å². The molecule has 2 saturated heterocycles. The van der Waals surface area contributed by atoms with Crippen LogP contribution in [0.3, 0.4) is 0 Å². The largest absolute Gasteiger partial charge is 0.376 e. The highest BCUT2D eigenvalue weighted by Gasteiger charge is 2.41. The summed E-state index contributed by atoms with van der Waals surface area (Å²) in [5, 5.41) is 11.1. The Bertz CT molecular complexity index is 523. The maximum Gasteiger partial charge on any atom is 0.232 e. The first kappa shape index (κ1) is 13.2. The molecule has 1 aromatic rings. The standard InChI is InChI=1S/C15H22N4O2/c20-15(10-4-1-5-11-14(10)17-18-16-11)19-8-2-6-12(19)13-7-3-9-21-13/h10,12-13H,1-9H2,(H,16,17,18). The fourth-order valence-corrected chi connectivity index (χ4v) is 4.13. The molecule has 1 amide bonds. The Morgan fingerprint density at radius 3 is 3.00 bits per heavy atom. The molecular formula is C15H22N4O2. The number of aryl methyl sites for hydroxylation is 1. The summed E-state index contributed by atoms with van der Waals surface area (Å²) in [6.07, 6.45) is 7.49. The van der Waals surface area contributed by atoms with E-state index in [4.69, 9.17) is 4.74 Å². The van der Waals surface area contributed by atoms with E-state index in [-0.39, 0.29) is 24.0 Å². The van der Waals surface area contributed by atoms with Crippen molar-refractivity contribution < 1.29 is 9.53 Å². The van der Waals surface area contributed by atoms with Crippen molar-refractivity contribution in [2.45, 2.75) is 63.0 Å². The van der Waals surface area contributed by atoms with E-state index in [9.17, 15) is 4.79 Å². The zero-order chi connectivity index (χ0) is 14.2. The van der Waals surface area contributed by atoms with Crippen LogP contribution in [0, 0.1) is 0 Å². The second kappa shape index (κ2) is 5.40. The summed E-state index contributed by atoms with van der Waals surface area (Å²) < 4.78 is 5.83. The molecule has 21 heavy (non-hydrogen) atoms. The van der Waals surface area contributed by atoms with Gasteiger partial charge in [-0.1, -0.05) is 0 Å². The highest BCUT2D eigenvalue weighted by Crippen LogP contribution is 2.34. The highest BCUT2D eigenvalue weighted by molar-refractivity contribution is 5.84. The van der Waals surface area contributed by atoms with Gasteiger partial charge < -0.3 is 9.64 Å². The van der Waals surface area contributed by atoms with Crippen LogP contribution in [0.5, 0.6) is 0 Å². The van der Waals surface area contributed by atoms with Crippen molar-refractivity contribution in [3.05, 3.63) is 11.4 Å². The molecule has 4 rings (SSSR count). The van der Waals surface area contributed by atoms with Crippen molar-refractivity contribution in [2.24, 2.45) is 0 Å². The number of rotatable bonds is 2. The average Bonchev–Trinajstić information content (AvgIpc) is 3.23. The summed E-state index contributed by atoms with van der Waals surface area (Å²) in [4.78, 5) is 15.1. The first-order chi connectivity index (χ1) is 10.3. The molecule has 1 aliphatic carbocycles. The Morgan fingerprint density at radius 2 is 2.14 bits per heavy atom. The predicted molar refractivity (Wildman–Crippen MR) is 75.8 cm³/mol. The molecule has 6 nitrogen and oxygen atoms in total. The molecule has 6 heteroatoms. The molecule has 1 N–H and O–H groups in total. The lowest BCUT2D eigenvalue weighted by Crippen LogP contribution is -2.45. The first-order valence-electron chi connectivity index (χ1n) is 8.16. The Morgan fingerprint density at radius 1 is 1.19 bits per heavy atom. The number of aromatic amines is 1. The monoisotopic (exact) mass is 290 g/mol. The summed E-state index contributed by atoms with van der Waals surface area (Å²) in [5.74, 6) is 0.136. The lowest BCUT2D eigenvalue weighted by Gasteiger charge is -2.32. The van der Waals surface area contributed by atoms with Gasteiger partial charge in [0.1, 0.15) is 0 Å². The average molecular weight is 290 g/mol. The van der Waals surface area contributed by atoms with Gasteiger partial charge >= 0.3 is 0 Å². The van der Waals surface area contributed by atoms with Gasteiger partial charge in [-0.25, -0.2) is 0 Å². The number of amides is 1. The fraction of sp³-hybridized carbons (Fsp3) is 0.800. The molecule has 0 spiro atoms. The number of aromatic nitrogens is 3. The van der Waals surface area contributed by atoms with Crippen LogP contribution < -0.4 is 0 Å². The van der Waals surface area contributed by atoms with E-state index in [1.54, 1.807) is 0 Å². The van der Waals surface area contributed by atoms with Crippen molar-refractivity contribution in [3.63, 3.8) is 0 Å². The third-order valence-corrected chi connectivity index (χ3v) is 5.16. The number of hydrogen-bond acceptors (Lipinski definition) is 4. The second-order valence-electron chi connectivity index (χ2n) is 6.39. The lowest BCUT2D eigenvalue weighted by atomic mass is 9.88. The molecule has 0 saturated carbocycles. The van der Waals surface area contributed by atoms with E-state index in [0.717, 1.165) is 69.5 Å². The summed E-state index contributed by atoms with van der Waals surface area (Å²) in [6.45, 7) is 1.72. The number of likely N-dealkylation sites (tertiary alicyclic amines) is 1. The number of H-pyrrole nitrogens is 1. The Balaban J connectivity index is 1.54.